The predicted octanol–water partition coefficient (Wildman–Crippen LogP) is 1.13. The molecule has 3 heterocycles. The fourth-order valence-corrected chi connectivity index (χ4v) is 3.54. The molecule has 22 heavy (non-hydrogen) atoms. The number of carbonyl (C=O) groups is 1. The van der Waals surface area contributed by atoms with E-state index in [2.05, 4.69) is 5.10 Å². The van der Waals surface area contributed by atoms with Crippen molar-refractivity contribution < 1.29 is 14.6 Å². The summed E-state index contributed by atoms with van der Waals surface area (Å²) in [4.78, 5) is 14.5. The first-order valence-corrected chi connectivity index (χ1v) is 8.20. The Kier molecular flexibility index (Phi) is 4.23. The molecular weight excluding hydrogens is 282 g/mol. The summed E-state index contributed by atoms with van der Waals surface area (Å²) < 4.78 is 7.56. The monoisotopic (exact) mass is 307 g/mol. The van der Waals surface area contributed by atoms with Gasteiger partial charge in [-0.2, -0.15) is 5.10 Å². The molecule has 6 heteroatoms. The molecule has 0 aliphatic carbocycles. The Hall–Kier alpha value is -1.40. The first-order chi connectivity index (χ1) is 10.6. The molecule has 1 N–H and O–H groups in total. The van der Waals surface area contributed by atoms with Crippen LogP contribution in [-0.4, -0.2) is 57.1 Å². The average molecular weight is 307 g/mol. The van der Waals surface area contributed by atoms with E-state index in [1.165, 1.54) is 0 Å². The molecule has 3 rings (SSSR count). The molecule has 122 valence electrons. The van der Waals surface area contributed by atoms with Gasteiger partial charge < -0.3 is 14.7 Å². The van der Waals surface area contributed by atoms with Crippen LogP contribution in [0, 0.1) is 0 Å². The molecule has 2 aliphatic heterocycles. The summed E-state index contributed by atoms with van der Waals surface area (Å²) in [6.45, 7) is 4.00. The van der Waals surface area contributed by atoms with Gasteiger partial charge in [0.2, 0.25) is 0 Å². The van der Waals surface area contributed by atoms with E-state index in [0.717, 1.165) is 25.0 Å². The third kappa shape index (κ3) is 2.65. The Bertz CT molecular complexity index is 547. The van der Waals surface area contributed by atoms with Gasteiger partial charge in [-0.05, 0) is 38.2 Å². The van der Waals surface area contributed by atoms with Gasteiger partial charge >= 0.3 is 0 Å². The summed E-state index contributed by atoms with van der Waals surface area (Å²) in [6.07, 6.45) is 3.55. The number of amides is 1. The molecule has 1 atom stereocenters. The van der Waals surface area contributed by atoms with Crippen LogP contribution in [0.15, 0.2) is 6.07 Å². The highest BCUT2D eigenvalue weighted by Gasteiger charge is 2.44. The lowest BCUT2D eigenvalue weighted by Crippen LogP contribution is -2.56. The van der Waals surface area contributed by atoms with Gasteiger partial charge in [-0.15, -0.1) is 0 Å². The predicted molar refractivity (Wildman–Crippen MR) is 81.6 cm³/mol. The fraction of sp³-hybridized carbons (Fsp3) is 0.750. The molecular formula is C16H25N3O3. The van der Waals surface area contributed by atoms with Crippen LogP contribution in [0.3, 0.4) is 0 Å². The lowest BCUT2D eigenvalue weighted by Gasteiger charge is -2.46. The van der Waals surface area contributed by atoms with Gasteiger partial charge in [-0.3, -0.25) is 9.48 Å². The lowest BCUT2D eigenvalue weighted by molar-refractivity contribution is -0.174. The van der Waals surface area contributed by atoms with Crippen LogP contribution in [0.4, 0.5) is 0 Å². The number of aliphatic hydroxyl groups is 1. The number of ether oxygens (including phenoxy) is 1. The molecule has 1 aromatic heterocycles. The van der Waals surface area contributed by atoms with Crippen molar-refractivity contribution in [2.75, 3.05) is 19.7 Å². The van der Waals surface area contributed by atoms with Gasteiger partial charge in [0.15, 0.2) is 0 Å². The van der Waals surface area contributed by atoms with Crippen LogP contribution in [0.1, 0.15) is 48.8 Å². The zero-order valence-corrected chi connectivity index (χ0v) is 13.4. The van der Waals surface area contributed by atoms with Crippen molar-refractivity contribution in [3.05, 3.63) is 17.5 Å². The van der Waals surface area contributed by atoms with Crippen molar-refractivity contribution in [3.63, 3.8) is 0 Å². The van der Waals surface area contributed by atoms with E-state index < -0.39 is 11.7 Å². The Balaban J connectivity index is 1.68. The number of nitrogens with zero attached hydrogens (tertiary/aromatic N) is 3. The highest BCUT2D eigenvalue weighted by molar-refractivity contribution is 5.92. The van der Waals surface area contributed by atoms with Gasteiger partial charge in [0.05, 0.1) is 17.4 Å². The second-order valence-corrected chi connectivity index (χ2v) is 6.36. The van der Waals surface area contributed by atoms with E-state index in [9.17, 15) is 9.90 Å². The zero-order valence-electron chi connectivity index (χ0n) is 13.4. The van der Waals surface area contributed by atoms with Crippen molar-refractivity contribution in [2.45, 2.75) is 50.7 Å². The van der Waals surface area contributed by atoms with E-state index >= 15 is 0 Å². The molecule has 1 amide bonds. The van der Waals surface area contributed by atoms with E-state index in [-0.39, 0.29) is 5.91 Å². The number of piperidine rings is 1. The number of hydrogen-bond acceptors (Lipinski definition) is 4. The van der Waals surface area contributed by atoms with Crippen LogP contribution in [0.2, 0.25) is 0 Å². The summed E-state index contributed by atoms with van der Waals surface area (Å²) in [6, 6.07) is 1.87. The maximum Gasteiger partial charge on any atom is 0.272 e. The molecule has 2 fully saturated rings. The Labute approximate surface area is 131 Å². The maximum atomic E-state index is 12.7. The van der Waals surface area contributed by atoms with Crippen LogP contribution in [0.5, 0.6) is 0 Å². The molecule has 1 unspecified atom stereocenters. The minimum atomic E-state index is -0.434. The van der Waals surface area contributed by atoms with Crippen molar-refractivity contribution in [1.82, 2.24) is 14.7 Å². The van der Waals surface area contributed by atoms with Gasteiger partial charge in [0.25, 0.3) is 5.91 Å². The first-order valence-electron chi connectivity index (χ1n) is 8.20. The quantitative estimate of drug-likeness (QED) is 0.889. The number of aromatic nitrogens is 2. The molecule has 0 aromatic carbocycles. The largest absolute Gasteiger partial charge is 0.390 e. The topological polar surface area (TPSA) is 67.6 Å². The van der Waals surface area contributed by atoms with Crippen LogP contribution < -0.4 is 0 Å². The van der Waals surface area contributed by atoms with E-state index in [0.29, 0.717) is 38.2 Å². The molecule has 2 saturated heterocycles. The number of hydrogen-bond donors (Lipinski definition) is 1. The van der Waals surface area contributed by atoms with Gasteiger partial charge in [0, 0.05) is 26.7 Å². The molecule has 2 aliphatic rings. The summed E-state index contributed by atoms with van der Waals surface area (Å²) in [5.41, 5.74) is 1.14. The second kappa shape index (κ2) is 6.01. The molecule has 6 nitrogen and oxygen atoms in total. The van der Waals surface area contributed by atoms with Gasteiger partial charge in [-0.25, -0.2) is 0 Å². The SMILES string of the molecule is CCc1cc(C(=O)N2CCC3(CC2)OCCCC3O)n(C)n1. The highest BCUT2D eigenvalue weighted by atomic mass is 16.5. The normalized spacial score (nSPS) is 24.7. The third-order valence-corrected chi connectivity index (χ3v) is 5.03. The minimum absolute atomic E-state index is 0.0230. The number of rotatable bonds is 2. The summed E-state index contributed by atoms with van der Waals surface area (Å²) in [5, 5.41) is 14.6. The number of likely N-dealkylation sites (tertiary alicyclic amines) is 1. The van der Waals surface area contributed by atoms with Crippen molar-refractivity contribution in [1.29, 1.82) is 0 Å². The van der Waals surface area contributed by atoms with Gasteiger partial charge in [-0.1, -0.05) is 6.92 Å². The third-order valence-electron chi connectivity index (χ3n) is 5.03. The number of aliphatic hydroxyl groups excluding tert-OH is 1. The molecule has 1 aromatic rings. The molecule has 1 spiro atoms. The number of aryl methyl sites for hydroxylation is 2. The first kappa shape index (κ1) is 15.5. The smallest absolute Gasteiger partial charge is 0.272 e. The standard InChI is InChI=1S/C16H25N3O3/c1-3-12-11-13(18(2)17-12)15(21)19-8-6-16(7-9-19)14(20)5-4-10-22-16/h11,14,20H,3-10H2,1-2H3. The van der Waals surface area contributed by atoms with Crippen LogP contribution >= 0.6 is 0 Å². The fourth-order valence-electron chi connectivity index (χ4n) is 3.54. The molecule has 0 saturated carbocycles. The van der Waals surface area contributed by atoms with E-state index in [4.69, 9.17) is 4.74 Å². The maximum absolute atomic E-state index is 12.7. The van der Waals surface area contributed by atoms with E-state index in [1.54, 1.807) is 4.68 Å². The van der Waals surface area contributed by atoms with Crippen molar-refractivity contribution >= 4 is 5.91 Å². The number of carbonyl (C=O) groups excluding carboxylic acids is 1. The Morgan fingerprint density at radius 1 is 1.50 bits per heavy atom. The Morgan fingerprint density at radius 3 is 2.82 bits per heavy atom. The summed E-state index contributed by atoms with van der Waals surface area (Å²) in [5.74, 6) is 0.0230. The van der Waals surface area contributed by atoms with Crippen molar-refractivity contribution in [2.24, 2.45) is 7.05 Å². The summed E-state index contributed by atoms with van der Waals surface area (Å²) >= 11 is 0. The second-order valence-electron chi connectivity index (χ2n) is 6.36. The van der Waals surface area contributed by atoms with Gasteiger partial charge in [0.1, 0.15) is 5.69 Å². The summed E-state index contributed by atoms with van der Waals surface area (Å²) in [7, 11) is 1.81. The van der Waals surface area contributed by atoms with Crippen LogP contribution in [-0.2, 0) is 18.2 Å². The minimum Gasteiger partial charge on any atom is -0.390 e. The highest BCUT2D eigenvalue weighted by Crippen LogP contribution is 2.35. The zero-order chi connectivity index (χ0) is 15.7. The lowest BCUT2D eigenvalue weighted by atomic mass is 9.82. The average Bonchev–Trinajstić information content (AvgIpc) is 2.91. The molecule has 0 bridgehead atoms. The van der Waals surface area contributed by atoms with Crippen LogP contribution in [0.25, 0.3) is 0 Å². The van der Waals surface area contributed by atoms with E-state index in [1.807, 2.05) is 24.9 Å². The Morgan fingerprint density at radius 2 is 2.23 bits per heavy atom. The van der Waals surface area contributed by atoms with Crippen molar-refractivity contribution in [3.8, 4) is 0 Å². The molecule has 0 radical (unpaired) electrons.